The van der Waals surface area contributed by atoms with Gasteiger partial charge in [-0.25, -0.2) is 8.42 Å². The summed E-state index contributed by atoms with van der Waals surface area (Å²) in [5.41, 5.74) is 5.61. The first-order valence-corrected chi connectivity index (χ1v) is 8.62. The van der Waals surface area contributed by atoms with E-state index in [-0.39, 0.29) is 22.8 Å². The van der Waals surface area contributed by atoms with Crippen LogP contribution in [0.25, 0.3) is 0 Å². The molecule has 5 nitrogen and oxygen atoms in total. The van der Waals surface area contributed by atoms with E-state index < -0.39 is 15.9 Å². The van der Waals surface area contributed by atoms with Crippen LogP contribution in [0.1, 0.15) is 20.3 Å². The number of carbonyl (C=O) groups excluding carboxylic acids is 1. The fourth-order valence-electron chi connectivity index (χ4n) is 0.975. The van der Waals surface area contributed by atoms with Gasteiger partial charge in [-0.2, -0.15) is 11.8 Å². The third-order valence-corrected chi connectivity index (χ3v) is 4.60. The van der Waals surface area contributed by atoms with Crippen molar-refractivity contribution in [3.8, 4) is 0 Å². The van der Waals surface area contributed by atoms with E-state index in [4.69, 9.17) is 5.73 Å². The van der Waals surface area contributed by atoms with Crippen LogP contribution in [0.5, 0.6) is 0 Å². The molecule has 7 heteroatoms. The molecule has 1 atom stereocenters. The Morgan fingerprint density at radius 1 is 1.47 bits per heavy atom. The minimum absolute atomic E-state index is 0.0494. The highest BCUT2D eigenvalue weighted by Gasteiger charge is 2.20. The number of hydrogen-bond acceptors (Lipinski definition) is 5. The zero-order valence-corrected chi connectivity index (χ0v) is 12.5. The molecular weight excluding hydrogens is 260 g/mol. The first-order valence-electron chi connectivity index (χ1n) is 5.33. The predicted molar refractivity (Wildman–Crippen MR) is 72.9 cm³/mol. The second kappa shape index (κ2) is 6.61. The Kier molecular flexibility index (Phi) is 6.50. The van der Waals surface area contributed by atoms with Crippen molar-refractivity contribution in [3.63, 3.8) is 0 Å². The van der Waals surface area contributed by atoms with Crippen molar-refractivity contribution < 1.29 is 13.2 Å². The second-order valence-corrected chi connectivity index (χ2v) is 8.48. The van der Waals surface area contributed by atoms with Crippen LogP contribution in [-0.2, 0) is 14.6 Å². The van der Waals surface area contributed by atoms with E-state index in [9.17, 15) is 13.2 Å². The quantitative estimate of drug-likeness (QED) is 0.686. The van der Waals surface area contributed by atoms with Gasteiger partial charge in [0.25, 0.3) is 0 Å². The Morgan fingerprint density at radius 3 is 2.41 bits per heavy atom. The van der Waals surface area contributed by atoms with E-state index in [1.807, 2.05) is 20.1 Å². The zero-order chi connectivity index (χ0) is 13.7. The molecule has 17 heavy (non-hydrogen) atoms. The number of sulfone groups is 1. The van der Waals surface area contributed by atoms with E-state index in [0.717, 1.165) is 6.26 Å². The Hall–Kier alpha value is -0.270. The van der Waals surface area contributed by atoms with Crippen molar-refractivity contribution in [2.45, 2.75) is 31.1 Å². The first kappa shape index (κ1) is 16.7. The summed E-state index contributed by atoms with van der Waals surface area (Å²) >= 11 is 1.65. The summed E-state index contributed by atoms with van der Waals surface area (Å²) in [5, 5.41) is 2.73. The average molecular weight is 282 g/mol. The highest BCUT2D eigenvalue weighted by atomic mass is 32.2. The monoisotopic (exact) mass is 282 g/mol. The molecular formula is C10H22N2O3S2. The molecule has 1 unspecified atom stereocenters. The molecule has 0 aliphatic carbocycles. The lowest BCUT2D eigenvalue weighted by Gasteiger charge is -2.23. The molecule has 0 aliphatic heterocycles. The highest BCUT2D eigenvalue weighted by molar-refractivity contribution is 7.99. The number of nitrogens with two attached hydrogens (primary N) is 1. The lowest BCUT2D eigenvalue weighted by molar-refractivity contribution is -0.122. The van der Waals surface area contributed by atoms with Crippen LogP contribution in [0.4, 0.5) is 0 Å². The van der Waals surface area contributed by atoms with Gasteiger partial charge in [-0.3, -0.25) is 4.79 Å². The van der Waals surface area contributed by atoms with Crippen LogP contribution in [-0.4, -0.2) is 49.9 Å². The van der Waals surface area contributed by atoms with Gasteiger partial charge >= 0.3 is 0 Å². The van der Waals surface area contributed by atoms with Crippen LogP contribution in [0, 0.1) is 0 Å². The first-order chi connectivity index (χ1) is 7.57. The Morgan fingerprint density at radius 2 is 2.00 bits per heavy atom. The van der Waals surface area contributed by atoms with Crippen LogP contribution in [0.3, 0.4) is 0 Å². The topological polar surface area (TPSA) is 89.3 Å². The van der Waals surface area contributed by atoms with E-state index >= 15 is 0 Å². The Bertz CT molecular complexity index is 353. The van der Waals surface area contributed by atoms with Crippen molar-refractivity contribution in [2.24, 2.45) is 5.73 Å². The number of thioether (sulfide) groups is 1. The number of carbonyl (C=O) groups is 1. The van der Waals surface area contributed by atoms with Crippen LogP contribution >= 0.6 is 11.8 Å². The maximum absolute atomic E-state index is 11.6. The van der Waals surface area contributed by atoms with Crippen molar-refractivity contribution in [1.82, 2.24) is 5.32 Å². The zero-order valence-electron chi connectivity index (χ0n) is 10.8. The summed E-state index contributed by atoms with van der Waals surface area (Å²) in [5.74, 6) is -0.358. The van der Waals surface area contributed by atoms with E-state index in [0.29, 0.717) is 6.54 Å². The van der Waals surface area contributed by atoms with Crippen molar-refractivity contribution in [1.29, 1.82) is 0 Å². The summed E-state index contributed by atoms with van der Waals surface area (Å²) in [4.78, 5) is 11.6. The third kappa shape index (κ3) is 8.45. The van der Waals surface area contributed by atoms with Gasteiger partial charge in [0.05, 0.1) is 11.8 Å². The van der Waals surface area contributed by atoms with E-state index in [2.05, 4.69) is 5.32 Å². The van der Waals surface area contributed by atoms with E-state index in [1.165, 1.54) is 0 Å². The van der Waals surface area contributed by atoms with Gasteiger partial charge in [-0.05, 0) is 26.5 Å². The van der Waals surface area contributed by atoms with Crippen molar-refractivity contribution in [2.75, 3.05) is 24.8 Å². The van der Waals surface area contributed by atoms with Gasteiger partial charge in [-0.15, -0.1) is 0 Å². The van der Waals surface area contributed by atoms with Gasteiger partial charge in [0.15, 0.2) is 0 Å². The van der Waals surface area contributed by atoms with Crippen molar-refractivity contribution >= 4 is 27.5 Å². The molecule has 0 rings (SSSR count). The number of hydrogen-bond donors (Lipinski definition) is 2. The second-order valence-electron chi connectivity index (χ2n) is 4.71. The maximum Gasteiger partial charge on any atom is 0.236 e. The molecule has 3 N–H and O–H groups in total. The van der Waals surface area contributed by atoms with Crippen LogP contribution in [0.2, 0.25) is 0 Å². The molecule has 0 aliphatic rings. The summed E-state index contributed by atoms with van der Waals surface area (Å²) in [6, 6.07) is -0.762. The maximum atomic E-state index is 11.6. The predicted octanol–water partition coefficient (Wildman–Crippen LogP) is 0.00620. The number of nitrogens with one attached hydrogen (secondary N) is 1. The molecule has 0 bridgehead atoms. The average Bonchev–Trinajstić information content (AvgIpc) is 2.21. The minimum Gasteiger partial charge on any atom is -0.353 e. The molecule has 0 aromatic rings. The van der Waals surface area contributed by atoms with Gasteiger partial charge in [0.1, 0.15) is 9.84 Å². The molecule has 0 saturated heterocycles. The van der Waals surface area contributed by atoms with E-state index in [1.54, 1.807) is 11.8 Å². The van der Waals surface area contributed by atoms with Crippen molar-refractivity contribution in [3.05, 3.63) is 0 Å². The highest BCUT2D eigenvalue weighted by Crippen LogP contribution is 2.19. The molecule has 1 amide bonds. The number of amides is 1. The number of rotatable bonds is 7. The molecule has 0 heterocycles. The third-order valence-electron chi connectivity index (χ3n) is 2.38. The molecule has 0 fully saturated rings. The molecule has 102 valence electrons. The normalized spacial score (nSPS) is 14.4. The van der Waals surface area contributed by atoms with Crippen LogP contribution < -0.4 is 11.1 Å². The minimum atomic E-state index is -3.06. The Labute approximate surface area is 108 Å². The lowest BCUT2D eigenvalue weighted by Crippen LogP contribution is -2.45. The summed E-state index contributed by atoms with van der Waals surface area (Å²) in [7, 11) is -3.06. The molecule has 0 aromatic carbocycles. The fourth-order valence-corrected chi connectivity index (χ4v) is 1.87. The molecule has 0 saturated carbocycles. The molecule has 0 spiro atoms. The standard InChI is InChI=1S/C10H22N2O3S2/c1-10(2,16-3)7-12-9(13)8(11)5-6-17(4,14)15/h8H,5-7,11H2,1-4H3,(H,12,13). The van der Waals surface area contributed by atoms with Crippen LogP contribution in [0.15, 0.2) is 0 Å². The van der Waals surface area contributed by atoms with Gasteiger partial charge in [-0.1, -0.05) is 0 Å². The molecule has 0 radical (unpaired) electrons. The Balaban J connectivity index is 4.07. The van der Waals surface area contributed by atoms with Gasteiger partial charge in [0.2, 0.25) is 5.91 Å². The smallest absolute Gasteiger partial charge is 0.236 e. The van der Waals surface area contributed by atoms with Gasteiger partial charge in [0, 0.05) is 17.5 Å². The summed E-state index contributed by atoms with van der Waals surface area (Å²) in [6.07, 6.45) is 3.26. The lowest BCUT2D eigenvalue weighted by atomic mass is 10.2. The summed E-state index contributed by atoms with van der Waals surface area (Å²) in [6.45, 7) is 4.54. The molecule has 0 aromatic heterocycles. The fraction of sp³-hybridized carbons (Fsp3) is 0.900. The largest absolute Gasteiger partial charge is 0.353 e. The summed E-state index contributed by atoms with van der Waals surface area (Å²) < 4.78 is 21.8. The SMILES string of the molecule is CSC(C)(C)CNC(=O)C(N)CCS(C)(=O)=O. The van der Waals surface area contributed by atoms with Gasteiger partial charge < -0.3 is 11.1 Å².